The van der Waals surface area contributed by atoms with Crippen molar-refractivity contribution in [3.8, 4) is 0 Å². The Morgan fingerprint density at radius 1 is 0.410 bits per heavy atom. The maximum Gasteiger partial charge on any atom is 0.0940 e. The first-order chi connectivity index (χ1) is 30.1. The lowest BCUT2D eigenvalue weighted by Gasteiger charge is -2.36. The van der Waals surface area contributed by atoms with Gasteiger partial charge in [0, 0.05) is 52.5 Å². The minimum atomic E-state index is 0.0127. The van der Waals surface area contributed by atoms with E-state index in [4.69, 9.17) is 14.2 Å². The van der Waals surface area contributed by atoms with Crippen LogP contribution in [0.15, 0.2) is 48.5 Å². The smallest absolute Gasteiger partial charge is 0.0940 e. The largest absolute Gasteiger partial charge is 0.378 e. The zero-order valence-corrected chi connectivity index (χ0v) is 40.5. The van der Waals surface area contributed by atoms with Crippen LogP contribution < -0.4 is 0 Å². The van der Waals surface area contributed by atoms with Crippen LogP contribution in [-0.4, -0.2) is 74.6 Å². The molecule has 0 aromatic heterocycles. The summed E-state index contributed by atoms with van der Waals surface area (Å²) >= 11 is 0. The van der Waals surface area contributed by atoms with E-state index in [2.05, 4.69) is 86.0 Å². The summed E-state index contributed by atoms with van der Waals surface area (Å²) in [5.74, 6) is 1.30. The molecule has 5 heteroatoms. The molecule has 5 nitrogen and oxygen atoms in total. The molecule has 0 saturated carbocycles. The van der Waals surface area contributed by atoms with Crippen LogP contribution in [0.25, 0.3) is 0 Å². The molecule has 2 aromatic carbocycles. The standard InChI is InChI=1S/C56H96N2O3/c1-5-9-13-17-19-23-31-49(29-21-15-11-7-3)45-59-47-55(43-57-39-37-51-33-25-27-35-53(51)41-57)61-56(44-58-40-38-52-34-26-28-36-54(52)42-58)48-60-46-50(30-22-16-12-8-4)32-24-20-18-14-10-6-2/h25-28,33-36,49-50,55-56H,5-24,29-32,37-48H2,1-4H3. The molecule has 2 heterocycles. The lowest BCUT2D eigenvalue weighted by atomic mass is 9.95. The Bertz CT molecular complexity index is 1230. The molecule has 4 unspecified atom stereocenters. The van der Waals surface area contributed by atoms with Gasteiger partial charge in [0.05, 0.1) is 25.4 Å². The Balaban J connectivity index is 1.44. The number of hydrogen-bond acceptors (Lipinski definition) is 5. The van der Waals surface area contributed by atoms with Crippen molar-refractivity contribution in [1.82, 2.24) is 9.80 Å². The van der Waals surface area contributed by atoms with Crippen LogP contribution in [0.4, 0.5) is 0 Å². The van der Waals surface area contributed by atoms with E-state index in [1.165, 1.54) is 176 Å². The monoisotopic (exact) mass is 845 g/mol. The van der Waals surface area contributed by atoms with Gasteiger partial charge in [-0.2, -0.15) is 0 Å². The van der Waals surface area contributed by atoms with Crippen LogP contribution in [-0.2, 0) is 40.1 Å². The highest BCUT2D eigenvalue weighted by Gasteiger charge is 2.27. The predicted octanol–water partition coefficient (Wildman–Crippen LogP) is 14.6. The predicted molar refractivity (Wildman–Crippen MR) is 262 cm³/mol. The lowest BCUT2D eigenvalue weighted by Crippen LogP contribution is -2.45. The Hall–Kier alpha value is -1.76. The van der Waals surface area contributed by atoms with Gasteiger partial charge in [-0.1, -0.05) is 205 Å². The quantitative estimate of drug-likeness (QED) is 0.0629. The molecular weight excluding hydrogens is 749 g/mol. The molecule has 0 bridgehead atoms. The molecule has 2 aliphatic heterocycles. The molecule has 0 spiro atoms. The van der Waals surface area contributed by atoms with E-state index in [0.29, 0.717) is 25.0 Å². The molecule has 0 aliphatic carbocycles. The highest BCUT2D eigenvalue weighted by molar-refractivity contribution is 5.30. The van der Waals surface area contributed by atoms with Gasteiger partial charge in [-0.15, -0.1) is 0 Å². The van der Waals surface area contributed by atoms with Gasteiger partial charge in [0.15, 0.2) is 0 Å². The van der Waals surface area contributed by atoms with Crippen molar-refractivity contribution in [3.63, 3.8) is 0 Å². The summed E-state index contributed by atoms with van der Waals surface area (Å²) in [6.07, 6.45) is 34.5. The summed E-state index contributed by atoms with van der Waals surface area (Å²) < 4.78 is 21.0. The Morgan fingerprint density at radius 2 is 0.738 bits per heavy atom. The molecule has 0 N–H and O–H groups in total. The molecule has 0 amide bonds. The maximum atomic E-state index is 7.36. The van der Waals surface area contributed by atoms with E-state index in [1.54, 1.807) is 0 Å². The van der Waals surface area contributed by atoms with E-state index in [-0.39, 0.29) is 12.2 Å². The molecule has 0 saturated heterocycles. The Morgan fingerprint density at radius 3 is 1.11 bits per heavy atom. The molecule has 61 heavy (non-hydrogen) atoms. The van der Waals surface area contributed by atoms with Crippen LogP contribution >= 0.6 is 0 Å². The number of rotatable bonds is 38. The average Bonchev–Trinajstić information content (AvgIpc) is 3.28. The number of ether oxygens (including phenoxy) is 3. The van der Waals surface area contributed by atoms with Gasteiger partial charge in [0.1, 0.15) is 0 Å². The normalized spacial score (nSPS) is 16.6. The summed E-state index contributed by atoms with van der Waals surface area (Å²) in [5, 5.41) is 0. The average molecular weight is 845 g/mol. The first-order valence-corrected chi connectivity index (χ1v) is 26.5. The first-order valence-electron chi connectivity index (χ1n) is 26.5. The van der Waals surface area contributed by atoms with Crippen molar-refractivity contribution in [3.05, 3.63) is 70.8 Å². The van der Waals surface area contributed by atoms with E-state index >= 15 is 0 Å². The molecule has 348 valence electrons. The molecule has 4 rings (SSSR count). The molecule has 2 aromatic rings. The zero-order valence-electron chi connectivity index (χ0n) is 40.5. The summed E-state index contributed by atoms with van der Waals surface area (Å²) in [4.78, 5) is 5.27. The van der Waals surface area contributed by atoms with Crippen LogP contribution in [0.5, 0.6) is 0 Å². The number of benzene rings is 2. The van der Waals surface area contributed by atoms with Crippen molar-refractivity contribution in [2.45, 2.75) is 220 Å². The zero-order chi connectivity index (χ0) is 43.0. The number of unbranched alkanes of at least 4 members (excludes halogenated alkanes) is 16. The van der Waals surface area contributed by atoms with Crippen LogP contribution in [0.2, 0.25) is 0 Å². The molecular formula is C56H96N2O3. The molecule has 0 radical (unpaired) electrons. The van der Waals surface area contributed by atoms with Gasteiger partial charge in [-0.3, -0.25) is 9.80 Å². The lowest BCUT2D eigenvalue weighted by molar-refractivity contribution is -0.109. The van der Waals surface area contributed by atoms with E-state index in [9.17, 15) is 0 Å². The maximum absolute atomic E-state index is 7.36. The first kappa shape index (κ1) is 51.9. The topological polar surface area (TPSA) is 34.2 Å². The minimum absolute atomic E-state index is 0.0127. The fourth-order valence-electron chi connectivity index (χ4n) is 10.0. The van der Waals surface area contributed by atoms with Gasteiger partial charge in [-0.05, 0) is 72.6 Å². The minimum Gasteiger partial charge on any atom is -0.378 e. The third kappa shape index (κ3) is 22.6. The highest BCUT2D eigenvalue weighted by Crippen LogP contribution is 2.25. The van der Waals surface area contributed by atoms with Gasteiger partial charge >= 0.3 is 0 Å². The third-order valence-corrected chi connectivity index (χ3v) is 13.9. The van der Waals surface area contributed by atoms with E-state index < -0.39 is 0 Å². The van der Waals surface area contributed by atoms with Gasteiger partial charge in [0.25, 0.3) is 0 Å². The Kier molecular flexibility index (Phi) is 28.7. The second kappa shape index (κ2) is 33.7. The van der Waals surface area contributed by atoms with Gasteiger partial charge in [-0.25, -0.2) is 0 Å². The van der Waals surface area contributed by atoms with E-state index in [1.807, 2.05) is 0 Å². The van der Waals surface area contributed by atoms with Crippen molar-refractivity contribution in [1.29, 1.82) is 0 Å². The van der Waals surface area contributed by atoms with Gasteiger partial charge < -0.3 is 14.2 Å². The second-order valence-electron chi connectivity index (χ2n) is 19.5. The number of nitrogens with zero attached hydrogens (tertiary/aromatic N) is 2. The summed E-state index contributed by atoms with van der Waals surface area (Å²) in [7, 11) is 0. The van der Waals surface area contributed by atoms with Crippen molar-refractivity contribution >= 4 is 0 Å². The summed E-state index contributed by atoms with van der Waals surface area (Å²) in [6.45, 7) is 18.3. The van der Waals surface area contributed by atoms with Crippen molar-refractivity contribution < 1.29 is 14.2 Å². The van der Waals surface area contributed by atoms with Crippen molar-refractivity contribution in [2.24, 2.45) is 11.8 Å². The molecule has 4 atom stereocenters. The fourth-order valence-corrected chi connectivity index (χ4v) is 10.0. The molecule has 0 fully saturated rings. The third-order valence-electron chi connectivity index (χ3n) is 13.9. The van der Waals surface area contributed by atoms with Crippen LogP contribution in [0, 0.1) is 11.8 Å². The van der Waals surface area contributed by atoms with Crippen LogP contribution in [0.1, 0.15) is 204 Å². The summed E-state index contributed by atoms with van der Waals surface area (Å²) in [6, 6.07) is 18.1. The van der Waals surface area contributed by atoms with Crippen molar-refractivity contribution in [2.75, 3.05) is 52.6 Å². The number of fused-ring (bicyclic) bond motifs is 2. The second-order valence-corrected chi connectivity index (χ2v) is 19.5. The van der Waals surface area contributed by atoms with E-state index in [0.717, 1.165) is 65.3 Å². The Labute approximate surface area is 377 Å². The SMILES string of the molecule is CCCCCCCCC(CCCCCC)COCC(CN1CCc2ccccc2C1)OC(COCC(CCCCCC)CCCCCCCC)CN1CCc2ccccc2C1. The summed E-state index contributed by atoms with van der Waals surface area (Å²) in [5.41, 5.74) is 5.97. The van der Waals surface area contributed by atoms with Crippen LogP contribution in [0.3, 0.4) is 0 Å². The number of hydrogen-bond donors (Lipinski definition) is 0. The molecule has 2 aliphatic rings. The van der Waals surface area contributed by atoms with Gasteiger partial charge in [0.2, 0.25) is 0 Å². The fraction of sp³-hybridized carbons (Fsp3) is 0.786. The highest BCUT2D eigenvalue weighted by atomic mass is 16.6.